The van der Waals surface area contributed by atoms with Crippen LogP contribution in [0.2, 0.25) is 5.02 Å². The molecule has 0 spiro atoms. The van der Waals surface area contributed by atoms with Gasteiger partial charge in [0, 0.05) is 16.2 Å². The van der Waals surface area contributed by atoms with Gasteiger partial charge in [-0.3, -0.25) is 4.21 Å². The van der Waals surface area contributed by atoms with Gasteiger partial charge in [0.25, 0.3) is 0 Å². The summed E-state index contributed by atoms with van der Waals surface area (Å²) in [6.45, 7) is 0. The van der Waals surface area contributed by atoms with Crippen LogP contribution in [0.15, 0.2) is 77.7 Å². The maximum absolute atomic E-state index is 11.9. The Morgan fingerprint density at radius 2 is 1.45 bits per heavy atom. The molecule has 0 aliphatic rings. The Morgan fingerprint density at radius 1 is 0.773 bits per heavy atom. The third-order valence-corrected chi connectivity index (χ3v) is 4.76. The van der Waals surface area contributed by atoms with Gasteiger partial charge < -0.3 is 0 Å². The van der Waals surface area contributed by atoms with Gasteiger partial charge in [0.2, 0.25) is 0 Å². The summed E-state index contributed by atoms with van der Waals surface area (Å²) >= 11 is 6.04. The lowest BCUT2D eigenvalue weighted by Crippen LogP contribution is -1.91. The van der Waals surface area contributed by atoms with Crippen molar-refractivity contribution in [3.8, 4) is 22.3 Å². The molecular weight excluding hydrogens is 312 g/mol. The zero-order chi connectivity index (χ0) is 15.5. The van der Waals surface area contributed by atoms with Crippen LogP contribution >= 0.6 is 11.6 Å². The topological polar surface area (TPSA) is 17.1 Å². The Hall–Kier alpha value is -1.90. The fraction of sp³-hybridized carbons (Fsp3) is 0.0526. The summed E-state index contributed by atoms with van der Waals surface area (Å²) in [6, 6.07) is 23.9. The highest BCUT2D eigenvalue weighted by atomic mass is 35.5. The van der Waals surface area contributed by atoms with E-state index in [9.17, 15) is 4.21 Å². The molecular formula is C19H15ClOS. The first-order chi connectivity index (χ1) is 10.6. The molecule has 0 saturated heterocycles. The van der Waals surface area contributed by atoms with Crippen LogP contribution in [-0.2, 0) is 10.8 Å². The van der Waals surface area contributed by atoms with Crippen LogP contribution in [0, 0.1) is 0 Å². The molecule has 1 unspecified atom stereocenters. The van der Waals surface area contributed by atoms with E-state index in [0.29, 0.717) is 0 Å². The molecule has 0 aliphatic heterocycles. The average Bonchev–Trinajstić information content (AvgIpc) is 2.55. The molecule has 22 heavy (non-hydrogen) atoms. The van der Waals surface area contributed by atoms with Gasteiger partial charge in [0.05, 0.1) is 10.8 Å². The fourth-order valence-corrected chi connectivity index (χ4v) is 3.42. The van der Waals surface area contributed by atoms with Crippen LogP contribution in [0.5, 0.6) is 0 Å². The van der Waals surface area contributed by atoms with Crippen LogP contribution in [-0.4, -0.2) is 10.5 Å². The highest BCUT2D eigenvalue weighted by Gasteiger charge is 2.07. The van der Waals surface area contributed by atoms with E-state index in [-0.39, 0.29) is 0 Å². The second-order valence-electron chi connectivity index (χ2n) is 5.04. The van der Waals surface area contributed by atoms with Crippen LogP contribution in [0.3, 0.4) is 0 Å². The van der Waals surface area contributed by atoms with E-state index in [0.717, 1.165) is 32.2 Å². The first kappa shape index (κ1) is 15.0. The van der Waals surface area contributed by atoms with Crippen LogP contribution in [0.4, 0.5) is 0 Å². The Labute approximate surface area is 138 Å². The Kier molecular flexibility index (Phi) is 4.41. The van der Waals surface area contributed by atoms with Crippen molar-refractivity contribution in [1.82, 2.24) is 0 Å². The molecule has 0 amide bonds. The average molecular weight is 327 g/mol. The molecule has 110 valence electrons. The monoisotopic (exact) mass is 326 g/mol. The molecule has 0 heterocycles. The normalized spacial score (nSPS) is 12.1. The zero-order valence-corrected chi connectivity index (χ0v) is 13.7. The quantitative estimate of drug-likeness (QED) is 0.628. The summed E-state index contributed by atoms with van der Waals surface area (Å²) in [7, 11) is -1.00. The second kappa shape index (κ2) is 6.47. The van der Waals surface area contributed by atoms with Crippen molar-refractivity contribution in [2.45, 2.75) is 4.90 Å². The molecule has 3 aromatic carbocycles. The third kappa shape index (κ3) is 3.13. The fourth-order valence-electron chi connectivity index (χ4n) is 2.47. The molecule has 0 aromatic heterocycles. The minimum atomic E-state index is -1.00. The molecule has 1 atom stereocenters. The van der Waals surface area contributed by atoms with Gasteiger partial charge in [-0.2, -0.15) is 0 Å². The lowest BCUT2D eigenvalue weighted by molar-refractivity contribution is 0.687. The van der Waals surface area contributed by atoms with Gasteiger partial charge in [0.1, 0.15) is 0 Å². The molecule has 0 radical (unpaired) electrons. The van der Waals surface area contributed by atoms with E-state index in [2.05, 4.69) is 24.3 Å². The van der Waals surface area contributed by atoms with Gasteiger partial charge in [0.15, 0.2) is 0 Å². The van der Waals surface area contributed by atoms with Gasteiger partial charge in [-0.1, -0.05) is 66.2 Å². The maximum atomic E-state index is 11.9. The Bertz CT molecular complexity index is 825. The predicted molar refractivity (Wildman–Crippen MR) is 94.7 cm³/mol. The van der Waals surface area contributed by atoms with E-state index in [4.69, 9.17) is 11.6 Å². The van der Waals surface area contributed by atoms with Crippen molar-refractivity contribution >= 4 is 22.4 Å². The van der Waals surface area contributed by atoms with Crippen molar-refractivity contribution < 1.29 is 4.21 Å². The molecule has 3 rings (SSSR count). The summed E-state index contributed by atoms with van der Waals surface area (Å²) in [5, 5.41) is 0.730. The molecule has 1 nitrogen and oxygen atoms in total. The molecule has 0 saturated carbocycles. The first-order valence-corrected chi connectivity index (χ1v) is 8.87. The largest absolute Gasteiger partial charge is 0.255 e. The van der Waals surface area contributed by atoms with E-state index < -0.39 is 10.8 Å². The number of hydrogen-bond donors (Lipinski definition) is 0. The van der Waals surface area contributed by atoms with Crippen molar-refractivity contribution in [3.05, 3.63) is 77.8 Å². The van der Waals surface area contributed by atoms with Crippen molar-refractivity contribution in [2.24, 2.45) is 0 Å². The highest BCUT2D eigenvalue weighted by Crippen LogP contribution is 2.29. The molecule has 3 aromatic rings. The van der Waals surface area contributed by atoms with Gasteiger partial charge in [-0.15, -0.1) is 0 Å². The van der Waals surface area contributed by atoms with Crippen LogP contribution < -0.4 is 0 Å². The Balaban J connectivity index is 2.00. The van der Waals surface area contributed by atoms with Crippen molar-refractivity contribution in [1.29, 1.82) is 0 Å². The summed E-state index contributed by atoms with van der Waals surface area (Å²) < 4.78 is 11.9. The lowest BCUT2D eigenvalue weighted by atomic mass is 10.0. The molecule has 0 N–H and O–H groups in total. The van der Waals surface area contributed by atoms with Gasteiger partial charge in [-0.05, 0) is 40.5 Å². The predicted octanol–water partition coefficient (Wildman–Crippen LogP) is 5.41. The molecule has 3 heteroatoms. The summed E-state index contributed by atoms with van der Waals surface area (Å²) in [6.07, 6.45) is 1.71. The molecule has 0 aliphatic carbocycles. The maximum Gasteiger partial charge on any atom is 0.0504 e. The van der Waals surface area contributed by atoms with Crippen LogP contribution in [0.25, 0.3) is 22.3 Å². The minimum absolute atomic E-state index is 0.730. The number of hydrogen-bond acceptors (Lipinski definition) is 1. The van der Waals surface area contributed by atoms with Crippen LogP contribution in [0.1, 0.15) is 0 Å². The highest BCUT2D eigenvalue weighted by molar-refractivity contribution is 7.84. The van der Waals surface area contributed by atoms with Gasteiger partial charge in [-0.25, -0.2) is 0 Å². The summed E-state index contributed by atoms with van der Waals surface area (Å²) in [4.78, 5) is 0.859. The molecule has 0 bridgehead atoms. The molecule has 0 fully saturated rings. The van der Waals surface area contributed by atoms with Crippen molar-refractivity contribution in [3.63, 3.8) is 0 Å². The lowest BCUT2D eigenvalue weighted by Gasteiger charge is -2.09. The van der Waals surface area contributed by atoms with Crippen molar-refractivity contribution in [2.75, 3.05) is 6.26 Å². The van der Waals surface area contributed by atoms with E-state index in [1.165, 1.54) is 0 Å². The first-order valence-electron chi connectivity index (χ1n) is 6.94. The Morgan fingerprint density at radius 3 is 2.14 bits per heavy atom. The SMILES string of the molecule is CS(=O)c1ccccc1-c1ccc(-c2cccc(Cl)c2)cc1. The minimum Gasteiger partial charge on any atom is -0.255 e. The summed E-state index contributed by atoms with van der Waals surface area (Å²) in [5.41, 5.74) is 4.28. The van der Waals surface area contributed by atoms with Gasteiger partial charge >= 0.3 is 0 Å². The zero-order valence-electron chi connectivity index (χ0n) is 12.1. The third-order valence-electron chi connectivity index (χ3n) is 3.55. The standard InChI is InChI=1S/C19H15ClOS/c1-22(21)19-8-3-2-7-18(19)15-11-9-14(10-12-15)16-5-4-6-17(20)13-16/h2-13H,1H3. The smallest absolute Gasteiger partial charge is 0.0504 e. The summed E-state index contributed by atoms with van der Waals surface area (Å²) in [5.74, 6) is 0. The van der Waals surface area contributed by atoms with E-state index in [1.807, 2.05) is 48.5 Å². The second-order valence-corrected chi connectivity index (χ2v) is 6.82. The number of halogens is 1. The van der Waals surface area contributed by atoms with E-state index in [1.54, 1.807) is 6.26 Å². The van der Waals surface area contributed by atoms with E-state index >= 15 is 0 Å². The number of benzene rings is 3. The number of rotatable bonds is 3.